The Bertz CT molecular complexity index is 1000. The number of amides is 1. The number of ketones is 1. The van der Waals surface area contributed by atoms with Crippen LogP contribution in [0.4, 0.5) is 0 Å². The van der Waals surface area contributed by atoms with Gasteiger partial charge in [0.25, 0.3) is 11.7 Å². The predicted octanol–water partition coefficient (Wildman–Crippen LogP) is 4.02. The molecule has 0 aliphatic carbocycles. The summed E-state index contributed by atoms with van der Waals surface area (Å²) in [7, 11) is 0. The molecule has 1 aromatic heterocycles. The highest BCUT2D eigenvalue weighted by Gasteiger charge is 2.45. The number of aliphatic hydroxyl groups excluding tert-OH is 1. The lowest BCUT2D eigenvalue weighted by Gasteiger charge is -2.25. The average Bonchev–Trinajstić information content (AvgIpc) is 3.25. The van der Waals surface area contributed by atoms with Gasteiger partial charge in [-0.3, -0.25) is 14.6 Å². The number of carbonyl (C=O) groups excluding carboxylic acids is 2. The molecular weight excluding hydrogens is 380 g/mol. The third kappa shape index (κ3) is 3.58. The normalized spacial score (nSPS) is 22.3. The molecule has 6 heteroatoms. The second-order valence-electron chi connectivity index (χ2n) is 7.94. The van der Waals surface area contributed by atoms with Crippen molar-refractivity contribution in [3.05, 3.63) is 65.0 Å². The Balaban J connectivity index is 1.78. The van der Waals surface area contributed by atoms with Crippen LogP contribution in [0.25, 0.3) is 5.76 Å². The number of nitrogens with zero attached hydrogens (tertiary/aromatic N) is 2. The quantitative estimate of drug-likeness (QED) is 0.339. The highest BCUT2D eigenvalue weighted by atomic mass is 16.5. The number of pyridine rings is 1. The van der Waals surface area contributed by atoms with Crippen molar-refractivity contribution < 1.29 is 19.4 Å². The summed E-state index contributed by atoms with van der Waals surface area (Å²) in [5, 5.41) is 11.2. The Kier molecular flexibility index (Phi) is 5.57. The number of rotatable bonds is 6. The van der Waals surface area contributed by atoms with Crippen LogP contribution in [-0.2, 0) is 16.0 Å². The number of aliphatic hydroxyl groups is 1. The predicted molar refractivity (Wildman–Crippen MR) is 113 cm³/mol. The van der Waals surface area contributed by atoms with Gasteiger partial charge in [0.15, 0.2) is 0 Å². The number of hydrogen-bond acceptors (Lipinski definition) is 5. The number of hydrogen-bond donors (Lipinski definition) is 1. The van der Waals surface area contributed by atoms with E-state index in [4.69, 9.17) is 4.74 Å². The van der Waals surface area contributed by atoms with E-state index in [9.17, 15) is 14.7 Å². The molecule has 2 aliphatic rings. The van der Waals surface area contributed by atoms with E-state index in [-0.39, 0.29) is 17.4 Å². The topological polar surface area (TPSA) is 79.7 Å². The minimum atomic E-state index is -0.643. The van der Waals surface area contributed by atoms with Crippen LogP contribution in [0.1, 0.15) is 55.8 Å². The van der Waals surface area contributed by atoms with Crippen LogP contribution in [0.2, 0.25) is 0 Å². The monoisotopic (exact) mass is 406 g/mol. The Morgan fingerprint density at radius 2 is 1.97 bits per heavy atom. The molecule has 30 heavy (non-hydrogen) atoms. The van der Waals surface area contributed by atoms with Gasteiger partial charge in [0.1, 0.15) is 17.6 Å². The molecule has 0 spiro atoms. The number of fused-ring (bicyclic) bond motifs is 1. The third-order valence-corrected chi connectivity index (χ3v) is 5.73. The van der Waals surface area contributed by atoms with Crippen LogP contribution in [0, 0.1) is 0 Å². The molecule has 4 rings (SSSR count). The highest BCUT2D eigenvalue weighted by molar-refractivity contribution is 6.46. The zero-order chi connectivity index (χ0) is 21.3. The fourth-order valence-corrected chi connectivity index (χ4v) is 4.26. The van der Waals surface area contributed by atoms with Crippen molar-refractivity contribution >= 4 is 17.4 Å². The SMILES string of the molecule is CCCCCN1C(=O)C(=O)/C(=C(\O)c2ccc3c(c2)CC(C)O3)C1c1ccncc1. The molecule has 1 aromatic carbocycles. The summed E-state index contributed by atoms with van der Waals surface area (Å²) in [6, 6.07) is 8.35. The molecule has 2 unspecified atom stereocenters. The Morgan fingerprint density at radius 1 is 1.20 bits per heavy atom. The van der Waals surface area contributed by atoms with Crippen molar-refractivity contribution in [1.82, 2.24) is 9.88 Å². The van der Waals surface area contributed by atoms with Crippen molar-refractivity contribution in [2.75, 3.05) is 6.54 Å². The number of unbranched alkanes of at least 4 members (excludes halogenated alkanes) is 2. The number of benzene rings is 1. The Hall–Kier alpha value is -3.15. The van der Waals surface area contributed by atoms with Crippen molar-refractivity contribution in [2.24, 2.45) is 0 Å². The summed E-state index contributed by atoms with van der Waals surface area (Å²) in [5.41, 5.74) is 2.41. The van der Waals surface area contributed by atoms with E-state index < -0.39 is 17.7 Å². The summed E-state index contributed by atoms with van der Waals surface area (Å²) in [6.45, 7) is 4.55. The molecule has 0 radical (unpaired) electrons. The van der Waals surface area contributed by atoms with Gasteiger partial charge in [0.05, 0.1) is 11.6 Å². The molecule has 1 saturated heterocycles. The lowest BCUT2D eigenvalue weighted by molar-refractivity contribution is -0.139. The molecule has 2 aliphatic heterocycles. The zero-order valence-corrected chi connectivity index (χ0v) is 17.3. The first-order chi connectivity index (χ1) is 14.5. The first-order valence-electron chi connectivity index (χ1n) is 10.5. The van der Waals surface area contributed by atoms with Crippen LogP contribution in [0.5, 0.6) is 5.75 Å². The van der Waals surface area contributed by atoms with Gasteiger partial charge in [0.2, 0.25) is 0 Å². The van der Waals surface area contributed by atoms with Gasteiger partial charge in [-0.05, 0) is 54.8 Å². The van der Waals surface area contributed by atoms with Crippen LogP contribution in [0.15, 0.2) is 48.3 Å². The van der Waals surface area contributed by atoms with Gasteiger partial charge < -0.3 is 14.7 Å². The van der Waals surface area contributed by atoms with Crippen LogP contribution < -0.4 is 4.74 Å². The molecular formula is C24H26N2O4. The second-order valence-corrected chi connectivity index (χ2v) is 7.94. The van der Waals surface area contributed by atoms with E-state index in [1.54, 1.807) is 35.5 Å². The van der Waals surface area contributed by atoms with Crippen LogP contribution >= 0.6 is 0 Å². The van der Waals surface area contributed by atoms with E-state index in [1.807, 2.05) is 19.1 Å². The maximum Gasteiger partial charge on any atom is 0.295 e. The van der Waals surface area contributed by atoms with E-state index in [0.29, 0.717) is 12.1 Å². The number of carbonyl (C=O) groups is 2. The summed E-state index contributed by atoms with van der Waals surface area (Å²) in [4.78, 5) is 31.5. The summed E-state index contributed by atoms with van der Waals surface area (Å²) in [6.07, 6.45) is 6.88. The molecule has 1 fully saturated rings. The molecule has 156 valence electrons. The number of Topliss-reactive ketones (excluding diaryl/α,β-unsaturated/α-hetero) is 1. The largest absolute Gasteiger partial charge is 0.507 e. The van der Waals surface area contributed by atoms with E-state index in [0.717, 1.165) is 42.6 Å². The van der Waals surface area contributed by atoms with Crippen molar-refractivity contribution in [3.63, 3.8) is 0 Å². The van der Waals surface area contributed by atoms with E-state index in [1.165, 1.54) is 0 Å². The third-order valence-electron chi connectivity index (χ3n) is 5.73. The summed E-state index contributed by atoms with van der Waals surface area (Å²) < 4.78 is 5.73. The van der Waals surface area contributed by atoms with E-state index in [2.05, 4.69) is 11.9 Å². The molecule has 2 atom stereocenters. The van der Waals surface area contributed by atoms with Gasteiger partial charge in [-0.25, -0.2) is 0 Å². The zero-order valence-electron chi connectivity index (χ0n) is 17.3. The Morgan fingerprint density at radius 3 is 2.70 bits per heavy atom. The van der Waals surface area contributed by atoms with Gasteiger partial charge in [-0.1, -0.05) is 19.8 Å². The molecule has 1 amide bonds. The van der Waals surface area contributed by atoms with Gasteiger partial charge in [-0.2, -0.15) is 0 Å². The van der Waals surface area contributed by atoms with E-state index >= 15 is 0 Å². The van der Waals surface area contributed by atoms with Crippen molar-refractivity contribution in [2.45, 2.75) is 51.7 Å². The average molecular weight is 406 g/mol. The minimum Gasteiger partial charge on any atom is -0.507 e. The minimum absolute atomic E-state index is 0.0818. The van der Waals surface area contributed by atoms with Gasteiger partial charge in [0, 0.05) is 30.9 Å². The molecule has 2 aromatic rings. The number of aromatic nitrogens is 1. The van der Waals surface area contributed by atoms with Crippen molar-refractivity contribution in [1.29, 1.82) is 0 Å². The number of ether oxygens (including phenoxy) is 1. The smallest absolute Gasteiger partial charge is 0.295 e. The first-order valence-corrected chi connectivity index (χ1v) is 10.5. The van der Waals surface area contributed by atoms with Gasteiger partial charge in [-0.15, -0.1) is 0 Å². The fourth-order valence-electron chi connectivity index (χ4n) is 4.26. The summed E-state index contributed by atoms with van der Waals surface area (Å²) >= 11 is 0. The van der Waals surface area contributed by atoms with Crippen LogP contribution in [-0.4, -0.2) is 39.3 Å². The fraction of sp³-hybridized carbons (Fsp3) is 0.375. The maximum absolute atomic E-state index is 13.0. The molecule has 0 saturated carbocycles. The lowest BCUT2D eigenvalue weighted by Crippen LogP contribution is -2.30. The maximum atomic E-state index is 13.0. The lowest BCUT2D eigenvalue weighted by atomic mass is 9.95. The molecule has 1 N–H and O–H groups in total. The molecule has 0 bridgehead atoms. The van der Waals surface area contributed by atoms with Crippen molar-refractivity contribution in [3.8, 4) is 5.75 Å². The highest BCUT2D eigenvalue weighted by Crippen LogP contribution is 2.40. The first kappa shape index (κ1) is 20.1. The molecule has 6 nitrogen and oxygen atoms in total. The standard InChI is InChI=1S/C24H26N2O4/c1-3-4-5-12-26-21(16-8-10-25-11-9-16)20(23(28)24(26)29)22(27)17-6-7-19-18(14-17)13-15(2)30-19/h6-11,14-15,21,27H,3-5,12-13H2,1-2H3/b22-20-. The number of likely N-dealkylation sites (tertiary alicyclic amines) is 1. The van der Waals surface area contributed by atoms with Gasteiger partial charge >= 0.3 is 0 Å². The Labute approximate surface area is 176 Å². The molecule has 3 heterocycles. The van der Waals surface area contributed by atoms with Crippen LogP contribution in [0.3, 0.4) is 0 Å². The second kappa shape index (κ2) is 8.30. The summed E-state index contributed by atoms with van der Waals surface area (Å²) in [5.74, 6) is -0.552.